The molecule has 1 heterocycles. The lowest BCUT2D eigenvalue weighted by Crippen LogP contribution is -2.43. The largest absolute Gasteiger partial charge is 0.312 e. The van der Waals surface area contributed by atoms with Gasteiger partial charge in [0, 0.05) is 5.75 Å². The Labute approximate surface area is 104 Å². The van der Waals surface area contributed by atoms with Crippen LogP contribution >= 0.6 is 11.8 Å². The van der Waals surface area contributed by atoms with E-state index in [0.717, 1.165) is 30.8 Å². The molecular formula is C10H14N6S. The van der Waals surface area contributed by atoms with Crippen molar-refractivity contribution in [2.45, 2.75) is 42.4 Å². The molecule has 90 valence electrons. The van der Waals surface area contributed by atoms with Crippen molar-refractivity contribution in [2.24, 2.45) is 11.7 Å². The first-order valence-electron chi connectivity index (χ1n) is 5.84. The van der Waals surface area contributed by atoms with Gasteiger partial charge in [0.1, 0.15) is 5.54 Å². The summed E-state index contributed by atoms with van der Waals surface area (Å²) in [7, 11) is 0. The minimum atomic E-state index is -0.717. The molecule has 0 radical (unpaired) electrons. The van der Waals surface area contributed by atoms with Gasteiger partial charge in [-0.05, 0) is 42.0 Å². The second-order valence-electron chi connectivity index (χ2n) is 4.85. The molecule has 3 rings (SSSR count). The van der Waals surface area contributed by atoms with E-state index in [-0.39, 0.29) is 0 Å². The van der Waals surface area contributed by atoms with E-state index in [2.05, 4.69) is 21.6 Å². The van der Waals surface area contributed by atoms with E-state index in [4.69, 9.17) is 11.0 Å². The molecule has 0 spiro atoms. The van der Waals surface area contributed by atoms with Crippen molar-refractivity contribution < 1.29 is 0 Å². The molecule has 1 atom stereocenters. The number of tetrazole rings is 1. The topological polar surface area (TPSA) is 93.4 Å². The van der Waals surface area contributed by atoms with Crippen molar-refractivity contribution in [2.75, 3.05) is 5.75 Å². The number of rotatable bonds is 5. The van der Waals surface area contributed by atoms with Gasteiger partial charge in [-0.1, -0.05) is 11.8 Å². The SMILES string of the molecule is N#CC(N)(CSc1nnnn1C1CC1)C1CC1. The minimum absolute atomic E-state index is 0.352. The number of hydrogen-bond donors (Lipinski definition) is 1. The Bertz CT molecular complexity index is 458. The summed E-state index contributed by atoms with van der Waals surface area (Å²) in [5.74, 6) is 0.923. The maximum atomic E-state index is 9.17. The number of nitriles is 1. The van der Waals surface area contributed by atoms with E-state index >= 15 is 0 Å². The number of aromatic nitrogens is 4. The fourth-order valence-electron chi connectivity index (χ4n) is 1.85. The number of nitrogens with zero attached hydrogens (tertiary/aromatic N) is 5. The summed E-state index contributed by atoms with van der Waals surface area (Å²) in [6, 6.07) is 2.71. The summed E-state index contributed by atoms with van der Waals surface area (Å²) in [5.41, 5.74) is 5.38. The Kier molecular flexibility index (Phi) is 2.56. The lowest BCUT2D eigenvalue weighted by atomic mass is 10.00. The maximum Gasteiger partial charge on any atom is 0.209 e. The monoisotopic (exact) mass is 250 g/mol. The van der Waals surface area contributed by atoms with E-state index in [9.17, 15) is 0 Å². The molecule has 7 heteroatoms. The van der Waals surface area contributed by atoms with Gasteiger partial charge in [0.05, 0.1) is 12.1 Å². The molecule has 2 fully saturated rings. The van der Waals surface area contributed by atoms with Crippen LogP contribution in [0.25, 0.3) is 0 Å². The Morgan fingerprint density at radius 3 is 2.82 bits per heavy atom. The molecule has 0 bridgehead atoms. The first-order chi connectivity index (χ1) is 8.23. The second kappa shape index (κ2) is 3.96. The minimum Gasteiger partial charge on any atom is -0.312 e. The van der Waals surface area contributed by atoms with Crippen molar-refractivity contribution in [3.63, 3.8) is 0 Å². The smallest absolute Gasteiger partial charge is 0.209 e. The highest BCUT2D eigenvalue weighted by Gasteiger charge is 2.43. The first-order valence-corrected chi connectivity index (χ1v) is 6.82. The lowest BCUT2D eigenvalue weighted by Gasteiger charge is -2.19. The predicted molar refractivity (Wildman–Crippen MR) is 62.1 cm³/mol. The van der Waals surface area contributed by atoms with Crippen LogP contribution in [-0.4, -0.2) is 31.5 Å². The molecule has 0 aliphatic heterocycles. The third-order valence-electron chi connectivity index (χ3n) is 3.31. The third kappa shape index (κ3) is 2.15. The molecule has 1 unspecified atom stereocenters. The van der Waals surface area contributed by atoms with Gasteiger partial charge < -0.3 is 5.73 Å². The summed E-state index contributed by atoms with van der Waals surface area (Å²) < 4.78 is 1.86. The molecule has 0 amide bonds. The second-order valence-corrected chi connectivity index (χ2v) is 5.79. The molecule has 6 nitrogen and oxygen atoms in total. The standard InChI is InChI=1S/C10H14N6S/c11-5-10(12,7-1-2-7)6-17-9-13-14-15-16(9)8-3-4-8/h7-8H,1-4,6,12H2. The number of thioether (sulfide) groups is 1. The van der Waals surface area contributed by atoms with Crippen LogP contribution in [0.1, 0.15) is 31.7 Å². The summed E-state index contributed by atoms with van der Waals surface area (Å²) in [6.07, 6.45) is 4.43. The Balaban J connectivity index is 1.66. The van der Waals surface area contributed by atoms with Crippen LogP contribution < -0.4 is 5.73 Å². The van der Waals surface area contributed by atoms with Crippen LogP contribution in [0, 0.1) is 17.2 Å². The molecule has 17 heavy (non-hydrogen) atoms. The predicted octanol–water partition coefficient (Wildman–Crippen LogP) is 0.731. The molecule has 0 saturated heterocycles. The number of nitrogens with two attached hydrogens (primary N) is 1. The third-order valence-corrected chi connectivity index (χ3v) is 4.46. The molecule has 1 aromatic heterocycles. The van der Waals surface area contributed by atoms with Crippen molar-refractivity contribution >= 4 is 11.8 Å². The van der Waals surface area contributed by atoms with Crippen LogP contribution in [0.4, 0.5) is 0 Å². The van der Waals surface area contributed by atoms with Gasteiger partial charge in [-0.3, -0.25) is 0 Å². The van der Waals surface area contributed by atoms with Crippen molar-refractivity contribution in [1.82, 2.24) is 20.2 Å². The van der Waals surface area contributed by atoms with Gasteiger partial charge in [-0.25, -0.2) is 4.68 Å². The maximum absolute atomic E-state index is 9.17. The number of hydrogen-bond acceptors (Lipinski definition) is 6. The summed E-state index contributed by atoms with van der Waals surface area (Å²) in [6.45, 7) is 0. The fourth-order valence-corrected chi connectivity index (χ4v) is 2.93. The van der Waals surface area contributed by atoms with Crippen LogP contribution in [-0.2, 0) is 0 Å². The van der Waals surface area contributed by atoms with Crippen LogP contribution in [0.5, 0.6) is 0 Å². The molecule has 2 N–H and O–H groups in total. The fraction of sp³-hybridized carbons (Fsp3) is 0.800. The quantitative estimate of drug-likeness (QED) is 0.774. The lowest BCUT2D eigenvalue weighted by molar-refractivity contribution is 0.528. The van der Waals surface area contributed by atoms with Gasteiger partial charge >= 0.3 is 0 Å². The van der Waals surface area contributed by atoms with Gasteiger partial charge in [0.15, 0.2) is 0 Å². The van der Waals surface area contributed by atoms with Crippen molar-refractivity contribution in [3.8, 4) is 6.07 Å². The average molecular weight is 250 g/mol. The molecule has 2 saturated carbocycles. The zero-order chi connectivity index (χ0) is 11.9. The Morgan fingerprint density at radius 1 is 1.47 bits per heavy atom. The van der Waals surface area contributed by atoms with Crippen molar-refractivity contribution in [3.05, 3.63) is 0 Å². The first kappa shape index (κ1) is 11.0. The van der Waals surface area contributed by atoms with Gasteiger partial charge in [0.25, 0.3) is 0 Å². The highest BCUT2D eigenvalue weighted by Crippen LogP contribution is 2.41. The van der Waals surface area contributed by atoms with Crippen molar-refractivity contribution in [1.29, 1.82) is 5.26 Å². The van der Waals surface area contributed by atoms with E-state index in [1.807, 2.05) is 4.68 Å². The van der Waals surface area contributed by atoms with E-state index in [0.29, 0.717) is 17.7 Å². The highest BCUT2D eigenvalue weighted by atomic mass is 32.2. The van der Waals surface area contributed by atoms with E-state index < -0.39 is 5.54 Å². The van der Waals surface area contributed by atoms with E-state index in [1.54, 1.807) is 0 Å². The summed E-state index contributed by atoms with van der Waals surface area (Å²) >= 11 is 1.50. The summed E-state index contributed by atoms with van der Waals surface area (Å²) in [5, 5.41) is 21.6. The highest BCUT2D eigenvalue weighted by molar-refractivity contribution is 7.99. The van der Waals surface area contributed by atoms with E-state index in [1.165, 1.54) is 11.8 Å². The molecule has 0 aromatic carbocycles. The van der Waals surface area contributed by atoms with Gasteiger partial charge in [0.2, 0.25) is 5.16 Å². The van der Waals surface area contributed by atoms with Crippen LogP contribution in [0.2, 0.25) is 0 Å². The zero-order valence-corrected chi connectivity index (χ0v) is 10.2. The Hall–Kier alpha value is -1.13. The van der Waals surface area contributed by atoms with Crippen LogP contribution in [0.15, 0.2) is 5.16 Å². The van der Waals surface area contributed by atoms with Gasteiger partial charge in [-0.2, -0.15) is 5.26 Å². The van der Waals surface area contributed by atoms with Crippen LogP contribution in [0.3, 0.4) is 0 Å². The molecule has 1 aromatic rings. The molecular weight excluding hydrogens is 236 g/mol. The molecule has 2 aliphatic rings. The zero-order valence-electron chi connectivity index (χ0n) is 9.41. The molecule has 2 aliphatic carbocycles. The average Bonchev–Trinajstić information content (AvgIpc) is 3.24. The normalized spacial score (nSPS) is 23.1. The summed E-state index contributed by atoms with van der Waals surface area (Å²) in [4.78, 5) is 0. The Morgan fingerprint density at radius 2 is 2.24 bits per heavy atom. The van der Waals surface area contributed by atoms with Gasteiger partial charge in [-0.15, -0.1) is 5.10 Å².